The first-order valence-corrected chi connectivity index (χ1v) is 24.7. The summed E-state index contributed by atoms with van der Waals surface area (Å²) in [4.78, 5) is 64.4. The molecule has 8 nitrogen and oxygen atoms in total. The van der Waals surface area contributed by atoms with Gasteiger partial charge in [0.1, 0.15) is 24.4 Å². The Hall–Kier alpha value is -6.45. The van der Waals surface area contributed by atoms with Crippen molar-refractivity contribution >= 4 is 35.6 Å². The third-order valence-electron chi connectivity index (χ3n) is 11.7. The number of thioether (sulfide) groups is 1. The van der Waals surface area contributed by atoms with Crippen LogP contribution in [0, 0.1) is 0 Å². The van der Waals surface area contributed by atoms with Gasteiger partial charge in [-0.2, -0.15) is 0 Å². The number of esters is 4. The molecule has 4 unspecified atom stereocenters. The van der Waals surface area contributed by atoms with Crippen LogP contribution in [0.15, 0.2) is 182 Å². The number of benzene rings is 6. The van der Waals surface area contributed by atoms with Crippen LogP contribution in [0.5, 0.6) is 0 Å². The van der Waals surface area contributed by atoms with E-state index in [-0.39, 0.29) is 26.1 Å². The molecule has 0 N–H and O–H groups in total. The highest BCUT2D eigenvalue weighted by Crippen LogP contribution is 2.57. The molecule has 0 aliphatic carbocycles. The summed E-state index contributed by atoms with van der Waals surface area (Å²) < 4.78 is 20.8. The van der Waals surface area contributed by atoms with E-state index in [0.29, 0.717) is 59.7 Å². The molecule has 4 atom stereocenters. The Morgan fingerprint density at radius 2 is 0.667 bits per heavy atom. The molecular weight excluding hydrogens is 881 g/mol. The van der Waals surface area contributed by atoms with Crippen LogP contribution in [0.2, 0.25) is 0 Å². The molecule has 0 radical (unpaired) electrons. The lowest BCUT2D eigenvalue weighted by Crippen LogP contribution is -2.61. The fourth-order valence-corrected chi connectivity index (χ4v) is 10.4. The summed E-state index contributed by atoms with van der Waals surface area (Å²) in [6.45, 7) is 9.98. The molecule has 9 heteroatoms. The second kappa shape index (κ2) is 24.2. The lowest BCUT2D eigenvalue weighted by molar-refractivity contribution is -0.168. The van der Waals surface area contributed by atoms with Gasteiger partial charge in [0.15, 0.2) is 0 Å². The SMILES string of the molecule is CC(C)(C)OC(=O)C(SC(C(=O)OCc1ccccc1)(C(=O)OC(C)(C)C)C(CCCc1ccccc1)c1ccccc1)(C(=O)OCc1ccccc1)C(CCCc1ccccc1)c1ccccc1. The third kappa shape index (κ3) is 14.3. The molecule has 0 fully saturated rings. The topological polar surface area (TPSA) is 105 Å². The molecular formula is C60H66O8S. The van der Waals surface area contributed by atoms with Gasteiger partial charge in [-0.1, -0.05) is 182 Å². The largest absolute Gasteiger partial charge is 0.459 e. The van der Waals surface area contributed by atoms with Crippen LogP contribution >= 0.6 is 11.8 Å². The molecule has 0 aromatic heterocycles. The van der Waals surface area contributed by atoms with Gasteiger partial charge in [-0.15, -0.1) is 11.8 Å². The predicted molar refractivity (Wildman–Crippen MR) is 274 cm³/mol. The average Bonchev–Trinajstić information content (AvgIpc) is 3.34. The van der Waals surface area contributed by atoms with E-state index >= 15 is 19.2 Å². The summed E-state index contributed by atoms with van der Waals surface area (Å²) in [5, 5.41) is 0. The van der Waals surface area contributed by atoms with Gasteiger partial charge < -0.3 is 18.9 Å². The highest BCUT2D eigenvalue weighted by Gasteiger charge is 2.68. The molecule has 6 aromatic carbocycles. The maximum Gasteiger partial charge on any atom is 0.335 e. The molecule has 0 bridgehead atoms. The summed E-state index contributed by atoms with van der Waals surface area (Å²) in [5.41, 5.74) is 2.47. The van der Waals surface area contributed by atoms with Crippen LogP contribution in [0.25, 0.3) is 0 Å². The van der Waals surface area contributed by atoms with Gasteiger partial charge in [0.05, 0.1) is 0 Å². The molecule has 6 aromatic rings. The van der Waals surface area contributed by atoms with Gasteiger partial charge in [0, 0.05) is 11.8 Å². The van der Waals surface area contributed by atoms with Crippen molar-refractivity contribution < 1.29 is 38.1 Å². The summed E-state index contributed by atoms with van der Waals surface area (Å²) in [5.74, 6) is -5.86. The lowest BCUT2D eigenvalue weighted by atomic mass is 9.79. The van der Waals surface area contributed by atoms with Crippen LogP contribution < -0.4 is 0 Å². The van der Waals surface area contributed by atoms with E-state index in [0.717, 1.165) is 11.1 Å². The molecule has 6 rings (SSSR count). The number of carbonyl (C=O) groups is 4. The van der Waals surface area contributed by atoms with E-state index in [1.54, 1.807) is 41.5 Å². The molecule has 0 saturated heterocycles. The van der Waals surface area contributed by atoms with Crippen molar-refractivity contribution in [2.45, 2.75) is 126 Å². The summed E-state index contributed by atoms with van der Waals surface area (Å²) in [6.07, 6.45) is 2.75. The van der Waals surface area contributed by atoms with E-state index in [1.165, 1.54) is 0 Å². The Kier molecular flexibility index (Phi) is 18.2. The molecule has 0 spiro atoms. The lowest BCUT2D eigenvalue weighted by Gasteiger charge is -2.45. The predicted octanol–water partition coefficient (Wildman–Crippen LogP) is 13.0. The monoisotopic (exact) mass is 946 g/mol. The maximum absolute atomic E-state index is 16.1. The number of hydrogen-bond acceptors (Lipinski definition) is 9. The molecule has 0 saturated carbocycles. The Balaban J connectivity index is 1.68. The van der Waals surface area contributed by atoms with Gasteiger partial charge in [0.2, 0.25) is 9.49 Å². The van der Waals surface area contributed by atoms with Crippen molar-refractivity contribution in [2.24, 2.45) is 0 Å². The fraction of sp³-hybridized carbons (Fsp3) is 0.333. The van der Waals surface area contributed by atoms with Crippen LogP contribution in [-0.2, 0) is 64.2 Å². The Labute approximate surface area is 413 Å². The Morgan fingerprint density at radius 3 is 0.957 bits per heavy atom. The van der Waals surface area contributed by atoms with Gasteiger partial charge >= 0.3 is 23.9 Å². The summed E-state index contributed by atoms with van der Waals surface area (Å²) in [6, 6.07) is 57.0. The van der Waals surface area contributed by atoms with Crippen molar-refractivity contribution in [3.05, 3.63) is 215 Å². The van der Waals surface area contributed by atoms with Crippen LogP contribution in [0.1, 0.15) is 112 Å². The number of rotatable bonds is 22. The maximum atomic E-state index is 16.1. The normalized spacial score (nSPS) is 14.2. The van der Waals surface area contributed by atoms with Gasteiger partial charge in [0.25, 0.3) is 0 Å². The molecule has 0 aliphatic rings. The number of aryl methyl sites for hydroxylation is 2. The molecule has 69 heavy (non-hydrogen) atoms. The van der Waals surface area contributed by atoms with Crippen LogP contribution in [0.4, 0.5) is 0 Å². The van der Waals surface area contributed by atoms with Crippen molar-refractivity contribution in [1.29, 1.82) is 0 Å². The van der Waals surface area contributed by atoms with Gasteiger partial charge in [-0.3, -0.25) is 0 Å². The van der Waals surface area contributed by atoms with Gasteiger partial charge in [-0.25, -0.2) is 19.2 Å². The second-order valence-electron chi connectivity index (χ2n) is 19.4. The first-order valence-electron chi connectivity index (χ1n) is 23.9. The van der Waals surface area contributed by atoms with Crippen molar-refractivity contribution in [3.8, 4) is 0 Å². The molecule has 0 heterocycles. The summed E-state index contributed by atoms with van der Waals surface area (Å²) in [7, 11) is 0. The fourth-order valence-electron chi connectivity index (χ4n) is 8.56. The highest BCUT2D eigenvalue weighted by molar-refractivity contribution is 8.05. The Morgan fingerprint density at radius 1 is 0.391 bits per heavy atom. The van der Waals surface area contributed by atoms with E-state index in [9.17, 15) is 0 Å². The highest BCUT2D eigenvalue weighted by atomic mass is 32.2. The molecule has 0 amide bonds. The smallest absolute Gasteiger partial charge is 0.335 e. The van der Waals surface area contributed by atoms with E-state index < -0.39 is 56.4 Å². The minimum absolute atomic E-state index is 0.201. The first kappa shape index (κ1) is 51.9. The first-order chi connectivity index (χ1) is 33.1. The van der Waals surface area contributed by atoms with Crippen molar-refractivity contribution in [3.63, 3.8) is 0 Å². The van der Waals surface area contributed by atoms with E-state index in [1.807, 2.05) is 182 Å². The second-order valence-corrected chi connectivity index (χ2v) is 20.9. The van der Waals surface area contributed by atoms with Crippen molar-refractivity contribution in [1.82, 2.24) is 0 Å². The quantitative estimate of drug-likeness (QED) is 0.0374. The minimum Gasteiger partial charge on any atom is -0.459 e. The van der Waals surface area contributed by atoms with E-state index in [4.69, 9.17) is 18.9 Å². The number of carbonyl (C=O) groups excluding carboxylic acids is 4. The minimum atomic E-state index is -2.44. The van der Waals surface area contributed by atoms with Crippen LogP contribution in [0.3, 0.4) is 0 Å². The zero-order chi connectivity index (χ0) is 49.3. The van der Waals surface area contributed by atoms with Gasteiger partial charge in [-0.05, 0) is 113 Å². The molecule has 0 aliphatic heterocycles. The Bertz CT molecular complexity index is 2350. The van der Waals surface area contributed by atoms with Crippen molar-refractivity contribution in [2.75, 3.05) is 0 Å². The van der Waals surface area contributed by atoms with E-state index in [2.05, 4.69) is 0 Å². The zero-order valence-electron chi connectivity index (χ0n) is 40.8. The van der Waals surface area contributed by atoms with Crippen LogP contribution in [-0.4, -0.2) is 44.6 Å². The zero-order valence-corrected chi connectivity index (χ0v) is 41.6. The molecule has 360 valence electrons. The number of hydrogen-bond donors (Lipinski definition) is 0. The number of ether oxygens (including phenoxy) is 4. The third-order valence-corrected chi connectivity index (χ3v) is 13.6. The average molecular weight is 947 g/mol. The summed E-state index contributed by atoms with van der Waals surface area (Å²) >= 11 is 0.669. The standard InChI is InChI=1S/C60H66O8S/c1-57(2,3)67-55(63)59(53(61)65-43-47-31-17-9-18-32-47,51(49-37-21-11-22-38-49)41-25-35-45-27-13-7-14-28-45)69-60(56(64)68-58(4,5)6,54(62)66-44-48-33-19-10-20-34-48)52(50-39-23-12-24-40-50)42-26-36-46-29-15-8-16-30-46/h7-24,27-34,37-40,51-52H,25-26,35-36,41-44H2,1-6H3.